The number of rotatable bonds is 3. The summed E-state index contributed by atoms with van der Waals surface area (Å²) in [6.45, 7) is 3.11. The Kier molecular flexibility index (Phi) is 3.12. The van der Waals surface area contributed by atoms with E-state index in [2.05, 4.69) is 15.2 Å². The summed E-state index contributed by atoms with van der Waals surface area (Å²) in [5, 5.41) is 7.45. The number of Topliss-reactive ketones (excluding diaryl/α,β-unsaturated/α-hetero) is 1. The lowest BCUT2D eigenvalue weighted by Crippen LogP contribution is -1.95. The molecular formula is C12H10N4O2. The molecule has 0 saturated heterocycles. The number of hydrogen-bond acceptors (Lipinski definition) is 4. The maximum atomic E-state index is 11.6. The molecule has 0 spiro atoms. The molecule has 0 amide bonds. The topological polar surface area (TPSA) is 91.9 Å². The minimum absolute atomic E-state index is 0.139. The summed E-state index contributed by atoms with van der Waals surface area (Å²) < 4.78 is 5.04. The van der Waals surface area contributed by atoms with E-state index in [0.717, 1.165) is 0 Å². The van der Waals surface area contributed by atoms with Gasteiger partial charge >= 0.3 is 0 Å². The molecule has 0 N–H and O–H groups in total. The van der Waals surface area contributed by atoms with E-state index >= 15 is 0 Å². The van der Waals surface area contributed by atoms with Crippen LogP contribution in [-0.2, 0) is 0 Å². The molecule has 0 fully saturated rings. The highest BCUT2D eigenvalue weighted by atomic mass is 16.5. The molecule has 0 atom stereocenters. The van der Waals surface area contributed by atoms with Crippen molar-refractivity contribution >= 4 is 11.5 Å². The average Bonchev–Trinajstić information content (AvgIpc) is 2.72. The third-order valence-corrected chi connectivity index (χ3v) is 2.53. The van der Waals surface area contributed by atoms with Gasteiger partial charge in [0, 0.05) is 16.2 Å². The number of azide groups is 1. The second kappa shape index (κ2) is 4.73. The smallest absolute Gasteiger partial charge is 0.165 e. The molecule has 0 saturated carbocycles. The van der Waals surface area contributed by atoms with Crippen LogP contribution in [-0.4, -0.2) is 10.9 Å². The van der Waals surface area contributed by atoms with Crippen molar-refractivity contribution in [1.82, 2.24) is 5.16 Å². The maximum absolute atomic E-state index is 11.6. The summed E-state index contributed by atoms with van der Waals surface area (Å²) in [7, 11) is 0. The largest absolute Gasteiger partial charge is 0.360 e. The van der Waals surface area contributed by atoms with Gasteiger partial charge in [-0.05, 0) is 19.4 Å². The zero-order valence-corrected chi connectivity index (χ0v) is 9.91. The summed E-state index contributed by atoms with van der Waals surface area (Å²) in [5.41, 5.74) is 10.3. The first-order chi connectivity index (χ1) is 8.65. The normalized spacial score (nSPS) is 9.89. The molecule has 0 bridgehead atoms. The van der Waals surface area contributed by atoms with E-state index in [-0.39, 0.29) is 5.78 Å². The Morgan fingerprint density at radius 1 is 1.44 bits per heavy atom. The summed E-state index contributed by atoms with van der Waals surface area (Å²) >= 11 is 0. The van der Waals surface area contributed by atoms with Crippen molar-refractivity contribution in [1.29, 1.82) is 0 Å². The third kappa shape index (κ3) is 1.97. The maximum Gasteiger partial charge on any atom is 0.165 e. The third-order valence-electron chi connectivity index (χ3n) is 2.53. The molecule has 2 aromatic rings. The second-order valence-corrected chi connectivity index (χ2v) is 3.73. The van der Waals surface area contributed by atoms with Crippen LogP contribution in [0.15, 0.2) is 33.9 Å². The number of aryl methyl sites for hydroxylation is 1. The lowest BCUT2D eigenvalue weighted by molar-refractivity contribution is 0.101. The van der Waals surface area contributed by atoms with Gasteiger partial charge in [0.25, 0.3) is 0 Å². The number of nitrogens with zero attached hydrogens (tertiary/aromatic N) is 4. The number of ketones is 1. The van der Waals surface area contributed by atoms with Gasteiger partial charge < -0.3 is 4.52 Å². The SMILES string of the molecule is CC(=O)c1c(-c2ccccc2N=[N+]=[N-])noc1C. The molecule has 2 rings (SSSR count). The Morgan fingerprint density at radius 3 is 2.83 bits per heavy atom. The first-order valence-electron chi connectivity index (χ1n) is 5.27. The highest BCUT2D eigenvalue weighted by Gasteiger charge is 2.19. The lowest BCUT2D eigenvalue weighted by Gasteiger charge is -2.02. The molecule has 6 heteroatoms. The molecule has 6 nitrogen and oxygen atoms in total. The highest BCUT2D eigenvalue weighted by Crippen LogP contribution is 2.33. The van der Waals surface area contributed by atoms with Gasteiger partial charge in [0.05, 0.1) is 5.56 Å². The summed E-state index contributed by atoms with van der Waals surface area (Å²) in [4.78, 5) is 14.3. The molecule has 18 heavy (non-hydrogen) atoms. The molecule has 0 aliphatic rings. The monoisotopic (exact) mass is 242 g/mol. The van der Waals surface area contributed by atoms with Crippen LogP contribution in [0.2, 0.25) is 0 Å². The summed E-state index contributed by atoms with van der Waals surface area (Å²) in [6.07, 6.45) is 0. The van der Waals surface area contributed by atoms with Gasteiger partial charge in [-0.25, -0.2) is 0 Å². The minimum atomic E-state index is -0.139. The molecular weight excluding hydrogens is 232 g/mol. The van der Waals surface area contributed by atoms with Crippen molar-refractivity contribution in [3.05, 3.63) is 46.0 Å². The molecule has 0 unspecified atom stereocenters. The predicted molar refractivity (Wildman–Crippen MR) is 65.5 cm³/mol. The zero-order valence-electron chi connectivity index (χ0n) is 9.91. The minimum Gasteiger partial charge on any atom is -0.360 e. The first-order valence-corrected chi connectivity index (χ1v) is 5.27. The standard InChI is InChI=1S/C12H10N4O2/c1-7(17)11-8(2)18-15-12(11)9-5-3-4-6-10(9)14-16-13/h3-6H,1-2H3. The Balaban J connectivity index is 2.70. The van der Waals surface area contributed by atoms with Crippen LogP contribution in [0.4, 0.5) is 5.69 Å². The first kappa shape index (κ1) is 11.9. The van der Waals surface area contributed by atoms with Crippen molar-refractivity contribution in [2.75, 3.05) is 0 Å². The van der Waals surface area contributed by atoms with Crippen molar-refractivity contribution < 1.29 is 9.32 Å². The Bertz CT molecular complexity index is 654. The molecule has 1 aromatic heterocycles. The summed E-state index contributed by atoms with van der Waals surface area (Å²) in [5.74, 6) is 0.313. The molecule has 1 aromatic carbocycles. The number of carbonyl (C=O) groups is 1. The van der Waals surface area contributed by atoms with Gasteiger partial charge in [-0.3, -0.25) is 4.79 Å². The number of aromatic nitrogens is 1. The van der Waals surface area contributed by atoms with E-state index in [1.54, 1.807) is 31.2 Å². The molecule has 0 aliphatic heterocycles. The zero-order chi connectivity index (χ0) is 13.1. The highest BCUT2D eigenvalue weighted by molar-refractivity contribution is 6.01. The molecule has 0 radical (unpaired) electrons. The molecule has 0 aliphatic carbocycles. The van der Waals surface area contributed by atoms with Crippen molar-refractivity contribution in [3.63, 3.8) is 0 Å². The van der Waals surface area contributed by atoms with Gasteiger partial charge in [-0.1, -0.05) is 34.5 Å². The fourth-order valence-electron chi connectivity index (χ4n) is 1.78. The van der Waals surface area contributed by atoms with Crippen LogP contribution in [0, 0.1) is 6.92 Å². The second-order valence-electron chi connectivity index (χ2n) is 3.73. The van der Waals surface area contributed by atoms with Gasteiger partial charge in [-0.15, -0.1) is 0 Å². The van der Waals surface area contributed by atoms with E-state index < -0.39 is 0 Å². The van der Waals surface area contributed by atoms with Crippen LogP contribution < -0.4 is 0 Å². The van der Waals surface area contributed by atoms with Gasteiger partial charge in [0.1, 0.15) is 11.5 Å². The molecule has 90 valence electrons. The number of benzene rings is 1. The van der Waals surface area contributed by atoms with Crippen LogP contribution in [0.5, 0.6) is 0 Å². The van der Waals surface area contributed by atoms with Crippen LogP contribution in [0.1, 0.15) is 23.0 Å². The van der Waals surface area contributed by atoms with Crippen LogP contribution >= 0.6 is 0 Å². The average molecular weight is 242 g/mol. The van der Waals surface area contributed by atoms with Crippen LogP contribution in [0.3, 0.4) is 0 Å². The van der Waals surface area contributed by atoms with E-state index in [1.165, 1.54) is 6.92 Å². The van der Waals surface area contributed by atoms with E-state index in [9.17, 15) is 4.79 Å². The Labute approximate surface area is 103 Å². The Hall–Kier alpha value is -2.59. The fraction of sp³-hybridized carbons (Fsp3) is 0.167. The van der Waals surface area contributed by atoms with Gasteiger partial charge in [0.2, 0.25) is 0 Å². The fourth-order valence-corrected chi connectivity index (χ4v) is 1.78. The predicted octanol–water partition coefficient (Wildman–Crippen LogP) is 3.79. The Morgan fingerprint density at radius 2 is 2.17 bits per heavy atom. The number of hydrogen-bond donors (Lipinski definition) is 0. The van der Waals surface area contributed by atoms with Crippen LogP contribution in [0.25, 0.3) is 21.7 Å². The van der Waals surface area contributed by atoms with Gasteiger partial charge in [-0.2, -0.15) is 0 Å². The van der Waals surface area contributed by atoms with E-state index in [4.69, 9.17) is 10.1 Å². The van der Waals surface area contributed by atoms with E-state index in [0.29, 0.717) is 28.3 Å². The van der Waals surface area contributed by atoms with Gasteiger partial charge in [0.15, 0.2) is 5.78 Å². The quantitative estimate of drug-likeness (QED) is 0.354. The van der Waals surface area contributed by atoms with Crippen molar-refractivity contribution in [2.45, 2.75) is 13.8 Å². The lowest BCUT2D eigenvalue weighted by atomic mass is 10.0. The number of carbonyl (C=O) groups excluding carboxylic acids is 1. The van der Waals surface area contributed by atoms with Crippen molar-refractivity contribution in [2.24, 2.45) is 5.11 Å². The van der Waals surface area contributed by atoms with Crippen molar-refractivity contribution in [3.8, 4) is 11.3 Å². The summed E-state index contributed by atoms with van der Waals surface area (Å²) in [6, 6.07) is 6.91. The van der Waals surface area contributed by atoms with E-state index in [1.807, 2.05) is 0 Å². The molecule has 1 heterocycles.